The van der Waals surface area contributed by atoms with Crippen LogP contribution in [0.5, 0.6) is 5.75 Å². The zero-order valence-corrected chi connectivity index (χ0v) is 14.5. The van der Waals surface area contributed by atoms with Gasteiger partial charge in [0.15, 0.2) is 0 Å². The van der Waals surface area contributed by atoms with Crippen LogP contribution in [0, 0.1) is 0 Å². The summed E-state index contributed by atoms with van der Waals surface area (Å²) in [5.74, 6) is 0.572. The van der Waals surface area contributed by atoms with Crippen molar-refractivity contribution in [1.82, 2.24) is 15.0 Å². The molecule has 2 N–H and O–H groups in total. The van der Waals surface area contributed by atoms with E-state index < -0.39 is 11.7 Å². The van der Waals surface area contributed by atoms with Crippen LogP contribution in [0.25, 0.3) is 10.9 Å². The lowest BCUT2D eigenvalue weighted by Crippen LogP contribution is -2.16. The number of nitrogens with zero attached hydrogens (tertiary/aromatic N) is 3. The van der Waals surface area contributed by atoms with Crippen LogP contribution in [0.3, 0.4) is 0 Å². The van der Waals surface area contributed by atoms with Gasteiger partial charge in [-0.15, -0.1) is 0 Å². The molecule has 10 heteroatoms. The van der Waals surface area contributed by atoms with Crippen LogP contribution >= 0.6 is 11.6 Å². The van der Waals surface area contributed by atoms with E-state index in [1.54, 1.807) is 12.1 Å². The summed E-state index contributed by atoms with van der Waals surface area (Å²) in [4.78, 5) is 12.7. The molecular formula is C17H13ClF3N5O. The molecule has 0 saturated carbocycles. The quantitative estimate of drug-likeness (QED) is 0.558. The first-order valence-electron chi connectivity index (χ1n) is 8.05. The van der Waals surface area contributed by atoms with E-state index in [0.717, 1.165) is 6.07 Å². The van der Waals surface area contributed by atoms with Gasteiger partial charge in [0.05, 0.1) is 23.8 Å². The van der Waals surface area contributed by atoms with E-state index in [1.165, 1.54) is 12.3 Å². The average molecular weight is 396 g/mol. The maximum atomic E-state index is 13.3. The van der Waals surface area contributed by atoms with E-state index in [2.05, 4.69) is 25.6 Å². The van der Waals surface area contributed by atoms with Gasteiger partial charge in [-0.1, -0.05) is 23.7 Å². The van der Waals surface area contributed by atoms with E-state index in [9.17, 15) is 13.2 Å². The van der Waals surface area contributed by atoms with Crippen molar-refractivity contribution in [2.75, 3.05) is 23.8 Å². The standard InChI is InChI=1S/C17H13ClF3N5O/c18-13-6-10-12(8-23-13)25-16-22-4-5-27-14-9(7-24-15(10)26-16)2-1-3-11(14)17(19,20)21/h1-3,6,8H,4-5,7H2,(H2,22,24,25,26). The molecule has 0 radical (unpaired) electrons. The van der Waals surface area contributed by atoms with E-state index in [4.69, 9.17) is 16.3 Å². The highest BCUT2D eigenvalue weighted by Crippen LogP contribution is 2.38. The van der Waals surface area contributed by atoms with Crippen molar-refractivity contribution in [3.8, 4) is 5.75 Å². The van der Waals surface area contributed by atoms with Gasteiger partial charge >= 0.3 is 6.18 Å². The molecule has 1 aliphatic heterocycles. The lowest BCUT2D eigenvalue weighted by atomic mass is 10.1. The van der Waals surface area contributed by atoms with E-state index in [1.807, 2.05) is 0 Å². The summed E-state index contributed by atoms with van der Waals surface area (Å²) >= 11 is 5.96. The SMILES string of the molecule is FC(F)(F)c1cccc2c1OCCNc1nc(c3cc(Cl)ncc3n1)NC2. The molecule has 0 saturated heterocycles. The topological polar surface area (TPSA) is 72.0 Å². The molecule has 6 nitrogen and oxygen atoms in total. The normalized spacial score (nSPS) is 14.4. The van der Waals surface area contributed by atoms with Crippen LogP contribution in [-0.2, 0) is 12.7 Å². The minimum absolute atomic E-state index is 0.0235. The first-order chi connectivity index (χ1) is 12.9. The summed E-state index contributed by atoms with van der Waals surface area (Å²) in [5.41, 5.74) is 0.125. The highest BCUT2D eigenvalue weighted by Gasteiger charge is 2.35. The average Bonchev–Trinajstić information content (AvgIpc) is 2.65. The number of ether oxygens (including phenoxy) is 1. The molecule has 2 aromatic heterocycles. The second-order valence-corrected chi connectivity index (χ2v) is 6.23. The number of anilines is 2. The second kappa shape index (κ2) is 6.73. The van der Waals surface area contributed by atoms with Gasteiger partial charge in [0.25, 0.3) is 0 Å². The molecule has 0 aliphatic carbocycles. The lowest BCUT2D eigenvalue weighted by molar-refractivity contribution is -0.139. The monoisotopic (exact) mass is 395 g/mol. The lowest BCUT2D eigenvalue weighted by Gasteiger charge is -2.17. The molecule has 0 unspecified atom stereocenters. The van der Waals surface area contributed by atoms with Crippen molar-refractivity contribution in [3.63, 3.8) is 0 Å². The zero-order chi connectivity index (χ0) is 19.0. The number of aromatic nitrogens is 3. The Morgan fingerprint density at radius 2 is 2.00 bits per heavy atom. The minimum atomic E-state index is -4.51. The number of halogens is 4. The van der Waals surface area contributed by atoms with Crippen LogP contribution in [0.4, 0.5) is 24.9 Å². The number of pyridine rings is 1. The van der Waals surface area contributed by atoms with Gasteiger partial charge in [0.1, 0.15) is 23.3 Å². The van der Waals surface area contributed by atoms with Crippen molar-refractivity contribution in [3.05, 3.63) is 46.7 Å². The summed E-state index contributed by atoms with van der Waals surface area (Å²) in [7, 11) is 0. The number of hydrogen-bond donors (Lipinski definition) is 2. The molecule has 1 aromatic carbocycles. The Bertz CT molecular complexity index is 1010. The number of hydrogen-bond acceptors (Lipinski definition) is 6. The Morgan fingerprint density at radius 1 is 1.15 bits per heavy atom. The second-order valence-electron chi connectivity index (χ2n) is 5.84. The van der Waals surface area contributed by atoms with Gasteiger partial charge in [-0.3, -0.25) is 0 Å². The fourth-order valence-electron chi connectivity index (χ4n) is 2.83. The maximum Gasteiger partial charge on any atom is 0.419 e. The molecule has 27 heavy (non-hydrogen) atoms. The summed E-state index contributed by atoms with van der Waals surface area (Å²) < 4.78 is 45.5. The van der Waals surface area contributed by atoms with Crippen molar-refractivity contribution in [2.24, 2.45) is 0 Å². The zero-order valence-electron chi connectivity index (χ0n) is 13.8. The largest absolute Gasteiger partial charge is 0.491 e. The van der Waals surface area contributed by atoms with Crippen molar-refractivity contribution in [1.29, 1.82) is 0 Å². The van der Waals surface area contributed by atoms with Crippen LogP contribution in [0.15, 0.2) is 30.5 Å². The van der Waals surface area contributed by atoms with Gasteiger partial charge in [0, 0.05) is 17.5 Å². The minimum Gasteiger partial charge on any atom is -0.491 e. The third-order valence-electron chi connectivity index (χ3n) is 4.03. The molecule has 140 valence electrons. The molecule has 2 bridgehead atoms. The van der Waals surface area contributed by atoms with Crippen LogP contribution < -0.4 is 15.4 Å². The van der Waals surface area contributed by atoms with Crippen molar-refractivity contribution >= 4 is 34.3 Å². The first kappa shape index (κ1) is 17.6. The summed E-state index contributed by atoms with van der Waals surface area (Å²) in [6.45, 7) is 0.345. The first-order valence-corrected chi connectivity index (χ1v) is 8.42. The van der Waals surface area contributed by atoms with Crippen LogP contribution in [0.2, 0.25) is 5.15 Å². The molecule has 0 fully saturated rings. The molecule has 4 rings (SSSR count). The summed E-state index contributed by atoms with van der Waals surface area (Å²) in [5, 5.41) is 6.90. The molecule has 0 amide bonds. The Kier molecular flexibility index (Phi) is 4.39. The van der Waals surface area contributed by atoms with Gasteiger partial charge in [-0.2, -0.15) is 18.2 Å². The van der Waals surface area contributed by atoms with E-state index in [0.29, 0.717) is 28.2 Å². The predicted octanol–water partition coefficient (Wildman–Crippen LogP) is 4.11. The van der Waals surface area contributed by atoms with Crippen LogP contribution in [-0.4, -0.2) is 28.1 Å². The number of fused-ring (bicyclic) bond motifs is 5. The fraction of sp³-hybridized carbons (Fsp3) is 0.235. The molecule has 1 aliphatic rings. The predicted molar refractivity (Wildman–Crippen MR) is 95.1 cm³/mol. The molecule has 3 aromatic rings. The Balaban J connectivity index is 1.80. The number of benzene rings is 1. The summed E-state index contributed by atoms with van der Waals surface area (Å²) in [6.07, 6.45) is -3.00. The Labute approximate surface area is 156 Å². The molecule has 0 atom stereocenters. The number of para-hydroxylation sites is 1. The van der Waals surface area contributed by atoms with Gasteiger partial charge in [-0.05, 0) is 12.1 Å². The maximum absolute atomic E-state index is 13.3. The fourth-order valence-corrected chi connectivity index (χ4v) is 2.99. The molecular weight excluding hydrogens is 383 g/mol. The highest BCUT2D eigenvalue weighted by atomic mass is 35.5. The van der Waals surface area contributed by atoms with Gasteiger partial charge in [0.2, 0.25) is 5.95 Å². The number of alkyl halides is 3. The summed E-state index contributed by atoms with van der Waals surface area (Å²) in [6, 6.07) is 5.55. The molecule has 3 heterocycles. The van der Waals surface area contributed by atoms with Crippen molar-refractivity contribution < 1.29 is 17.9 Å². The van der Waals surface area contributed by atoms with Gasteiger partial charge < -0.3 is 15.4 Å². The smallest absolute Gasteiger partial charge is 0.419 e. The van der Waals surface area contributed by atoms with E-state index in [-0.39, 0.29) is 30.6 Å². The third kappa shape index (κ3) is 3.55. The third-order valence-corrected chi connectivity index (χ3v) is 4.24. The van der Waals surface area contributed by atoms with Crippen LogP contribution in [0.1, 0.15) is 11.1 Å². The Hall–Kier alpha value is -2.81. The number of nitrogens with one attached hydrogen (secondary N) is 2. The van der Waals surface area contributed by atoms with Crippen molar-refractivity contribution in [2.45, 2.75) is 12.7 Å². The molecule has 0 spiro atoms. The Morgan fingerprint density at radius 3 is 2.81 bits per heavy atom. The number of rotatable bonds is 0. The van der Waals surface area contributed by atoms with E-state index >= 15 is 0 Å². The highest BCUT2D eigenvalue weighted by molar-refractivity contribution is 6.30. The van der Waals surface area contributed by atoms with Gasteiger partial charge in [-0.25, -0.2) is 9.97 Å².